The van der Waals surface area contributed by atoms with Gasteiger partial charge in [0.05, 0.1) is 12.6 Å². The minimum atomic E-state index is -0.409. The van der Waals surface area contributed by atoms with Crippen molar-refractivity contribution in [3.05, 3.63) is 24.0 Å². The maximum atomic E-state index is 12.0. The molecule has 2 heterocycles. The van der Waals surface area contributed by atoms with Crippen LogP contribution in [-0.4, -0.2) is 41.0 Å². The summed E-state index contributed by atoms with van der Waals surface area (Å²) in [6.07, 6.45) is 4.14. The van der Waals surface area contributed by atoms with Crippen LogP contribution in [-0.2, 0) is 11.8 Å². The maximum absolute atomic E-state index is 12.0. The lowest BCUT2D eigenvalue weighted by Crippen LogP contribution is -2.45. The van der Waals surface area contributed by atoms with E-state index in [1.54, 1.807) is 0 Å². The molecule has 0 unspecified atom stereocenters. The first-order chi connectivity index (χ1) is 10.5. The van der Waals surface area contributed by atoms with E-state index in [-0.39, 0.29) is 18.5 Å². The summed E-state index contributed by atoms with van der Waals surface area (Å²) >= 11 is 0. The third-order valence-corrected chi connectivity index (χ3v) is 3.96. The molecular formula is C16H26N4O2. The van der Waals surface area contributed by atoms with E-state index in [1.165, 1.54) is 5.69 Å². The summed E-state index contributed by atoms with van der Waals surface area (Å²) in [5.41, 5.74) is 1.22. The lowest BCUT2D eigenvalue weighted by atomic mass is 10.1. The van der Waals surface area contributed by atoms with Crippen LogP contribution in [0.15, 0.2) is 18.3 Å². The van der Waals surface area contributed by atoms with Crippen LogP contribution in [0.2, 0.25) is 0 Å². The molecule has 1 aromatic rings. The van der Waals surface area contributed by atoms with Gasteiger partial charge in [0.1, 0.15) is 0 Å². The highest BCUT2D eigenvalue weighted by atomic mass is 16.2. The van der Waals surface area contributed by atoms with Crippen molar-refractivity contribution in [2.24, 2.45) is 13.0 Å². The Morgan fingerprint density at radius 1 is 1.41 bits per heavy atom. The Bertz CT molecular complexity index is 524. The summed E-state index contributed by atoms with van der Waals surface area (Å²) < 4.78 is 2.09. The fraction of sp³-hybridized carbons (Fsp3) is 0.625. The number of urea groups is 1. The number of amides is 3. The Hall–Kier alpha value is -1.82. The van der Waals surface area contributed by atoms with Gasteiger partial charge in [-0.25, -0.2) is 4.79 Å². The van der Waals surface area contributed by atoms with Crippen molar-refractivity contribution in [1.82, 2.24) is 20.1 Å². The molecule has 0 bridgehead atoms. The molecule has 1 fully saturated rings. The van der Waals surface area contributed by atoms with Gasteiger partial charge in [-0.2, -0.15) is 0 Å². The summed E-state index contributed by atoms with van der Waals surface area (Å²) in [5, 5.41) is 5.10. The molecule has 1 aliphatic heterocycles. The predicted molar refractivity (Wildman–Crippen MR) is 85.3 cm³/mol. The van der Waals surface area contributed by atoms with Crippen LogP contribution in [0.4, 0.5) is 4.79 Å². The molecule has 6 heteroatoms. The Kier molecular flexibility index (Phi) is 5.60. The SMILES string of the molecule is CC(C)CNC(=O)NC(=O)CN1CCC[C@@H]1c1cccn1C. The number of imide groups is 1. The third kappa shape index (κ3) is 4.34. The van der Waals surface area contributed by atoms with Gasteiger partial charge in [-0.1, -0.05) is 13.8 Å². The van der Waals surface area contributed by atoms with Crippen molar-refractivity contribution in [2.75, 3.05) is 19.6 Å². The van der Waals surface area contributed by atoms with Crippen molar-refractivity contribution in [2.45, 2.75) is 32.7 Å². The average Bonchev–Trinajstić information content (AvgIpc) is 3.05. The predicted octanol–water partition coefficient (Wildman–Crippen LogP) is 1.64. The van der Waals surface area contributed by atoms with E-state index in [4.69, 9.17) is 0 Å². The van der Waals surface area contributed by atoms with Gasteiger partial charge in [-0.3, -0.25) is 15.0 Å². The first kappa shape index (κ1) is 16.5. The molecule has 22 heavy (non-hydrogen) atoms. The number of likely N-dealkylation sites (tertiary alicyclic amines) is 1. The molecule has 0 saturated carbocycles. The van der Waals surface area contributed by atoms with Gasteiger partial charge < -0.3 is 9.88 Å². The number of hydrogen-bond donors (Lipinski definition) is 2. The van der Waals surface area contributed by atoms with Crippen LogP contribution >= 0.6 is 0 Å². The van der Waals surface area contributed by atoms with Crippen molar-refractivity contribution in [1.29, 1.82) is 0 Å². The van der Waals surface area contributed by atoms with Gasteiger partial charge in [-0.15, -0.1) is 0 Å². The van der Waals surface area contributed by atoms with E-state index < -0.39 is 6.03 Å². The lowest BCUT2D eigenvalue weighted by molar-refractivity contribution is -0.121. The molecule has 0 radical (unpaired) electrons. The molecule has 1 atom stereocenters. The molecule has 1 aromatic heterocycles. The Labute approximate surface area is 131 Å². The fourth-order valence-corrected chi connectivity index (χ4v) is 2.86. The molecule has 0 aliphatic carbocycles. The number of rotatable bonds is 5. The second kappa shape index (κ2) is 7.45. The van der Waals surface area contributed by atoms with Crippen LogP contribution in [0.3, 0.4) is 0 Å². The summed E-state index contributed by atoms with van der Waals surface area (Å²) in [6, 6.07) is 3.96. The zero-order valence-electron chi connectivity index (χ0n) is 13.6. The number of aryl methyl sites for hydroxylation is 1. The topological polar surface area (TPSA) is 66.4 Å². The second-order valence-corrected chi connectivity index (χ2v) is 6.32. The van der Waals surface area contributed by atoms with Crippen LogP contribution in [0.5, 0.6) is 0 Å². The molecule has 2 N–H and O–H groups in total. The Morgan fingerprint density at radius 2 is 2.18 bits per heavy atom. The average molecular weight is 306 g/mol. The van der Waals surface area contributed by atoms with Gasteiger partial charge in [0.2, 0.25) is 5.91 Å². The van der Waals surface area contributed by atoms with Gasteiger partial charge in [0, 0.05) is 25.5 Å². The zero-order chi connectivity index (χ0) is 16.1. The molecule has 2 rings (SSSR count). The highest BCUT2D eigenvalue weighted by Crippen LogP contribution is 2.31. The number of hydrogen-bond acceptors (Lipinski definition) is 3. The Morgan fingerprint density at radius 3 is 2.82 bits per heavy atom. The zero-order valence-corrected chi connectivity index (χ0v) is 13.6. The number of aromatic nitrogens is 1. The summed E-state index contributed by atoms with van der Waals surface area (Å²) in [4.78, 5) is 25.8. The smallest absolute Gasteiger partial charge is 0.321 e. The summed E-state index contributed by atoms with van der Waals surface area (Å²) in [5.74, 6) is 0.114. The molecule has 1 aliphatic rings. The van der Waals surface area contributed by atoms with E-state index in [9.17, 15) is 9.59 Å². The van der Waals surface area contributed by atoms with Crippen LogP contribution in [0.1, 0.15) is 38.4 Å². The van der Waals surface area contributed by atoms with E-state index in [2.05, 4.69) is 26.2 Å². The van der Waals surface area contributed by atoms with Gasteiger partial charge in [-0.05, 0) is 37.4 Å². The van der Waals surface area contributed by atoms with Gasteiger partial charge in [0.25, 0.3) is 0 Å². The lowest BCUT2D eigenvalue weighted by Gasteiger charge is -2.24. The van der Waals surface area contributed by atoms with Crippen LogP contribution in [0, 0.1) is 5.92 Å². The molecule has 0 aromatic carbocycles. The molecule has 122 valence electrons. The van der Waals surface area contributed by atoms with E-state index >= 15 is 0 Å². The molecule has 6 nitrogen and oxygen atoms in total. The monoisotopic (exact) mass is 306 g/mol. The first-order valence-electron chi connectivity index (χ1n) is 7.90. The first-order valence-corrected chi connectivity index (χ1v) is 7.90. The normalized spacial score (nSPS) is 18.6. The number of carbonyl (C=O) groups excluding carboxylic acids is 2. The number of carbonyl (C=O) groups is 2. The molecular weight excluding hydrogens is 280 g/mol. The maximum Gasteiger partial charge on any atom is 0.321 e. The fourth-order valence-electron chi connectivity index (χ4n) is 2.86. The van der Waals surface area contributed by atoms with Crippen molar-refractivity contribution >= 4 is 11.9 Å². The highest BCUT2D eigenvalue weighted by Gasteiger charge is 2.29. The Balaban J connectivity index is 1.85. The summed E-state index contributed by atoms with van der Waals surface area (Å²) in [7, 11) is 2.02. The molecule has 0 spiro atoms. The minimum absolute atomic E-state index is 0.248. The minimum Gasteiger partial charge on any atom is -0.353 e. The highest BCUT2D eigenvalue weighted by molar-refractivity contribution is 5.95. The van der Waals surface area contributed by atoms with E-state index in [1.807, 2.05) is 33.2 Å². The van der Waals surface area contributed by atoms with Gasteiger partial charge in [0.15, 0.2) is 0 Å². The third-order valence-electron chi connectivity index (χ3n) is 3.96. The van der Waals surface area contributed by atoms with E-state index in [0.717, 1.165) is 19.4 Å². The van der Waals surface area contributed by atoms with Crippen molar-refractivity contribution in [3.63, 3.8) is 0 Å². The number of nitrogens with zero attached hydrogens (tertiary/aromatic N) is 2. The largest absolute Gasteiger partial charge is 0.353 e. The van der Waals surface area contributed by atoms with Crippen molar-refractivity contribution in [3.8, 4) is 0 Å². The van der Waals surface area contributed by atoms with Crippen LogP contribution < -0.4 is 10.6 Å². The summed E-state index contributed by atoms with van der Waals surface area (Å²) in [6.45, 7) is 5.73. The quantitative estimate of drug-likeness (QED) is 0.869. The standard InChI is InChI=1S/C16H26N4O2/c1-12(2)10-17-16(22)18-15(21)11-20-9-5-7-14(20)13-6-4-8-19(13)3/h4,6,8,12,14H,5,7,9-11H2,1-3H3,(H2,17,18,21,22)/t14-/m1/s1. The van der Waals surface area contributed by atoms with E-state index in [0.29, 0.717) is 12.5 Å². The van der Waals surface area contributed by atoms with Crippen LogP contribution in [0.25, 0.3) is 0 Å². The van der Waals surface area contributed by atoms with Gasteiger partial charge >= 0.3 is 6.03 Å². The second-order valence-electron chi connectivity index (χ2n) is 6.32. The molecule has 1 saturated heterocycles. The van der Waals surface area contributed by atoms with Crippen molar-refractivity contribution < 1.29 is 9.59 Å². The molecule has 3 amide bonds. The number of nitrogens with one attached hydrogen (secondary N) is 2.